The molecule has 2 aromatic rings. The first kappa shape index (κ1) is 20.7. The molecule has 0 aliphatic heterocycles. The Morgan fingerprint density at radius 2 is 1.79 bits per heavy atom. The molecule has 1 unspecified atom stereocenters. The first-order valence-corrected chi connectivity index (χ1v) is 10.4. The third-order valence-electron chi connectivity index (χ3n) is 5.54. The van der Waals surface area contributed by atoms with Crippen LogP contribution < -0.4 is 10.6 Å². The number of hydrogen-bond acceptors (Lipinski definition) is 3. The molecule has 0 heterocycles. The zero-order chi connectivity index (χ0) is 20.8. The number of benzene rings is 2. The van der Waals surface area contributed by atoms with Crippen LogP contribution in [0.1, 0.15) is 67.8 Å². The van der Waals surface area contributed by atoms with Gasteiger partial charge in [0, 0.05) is 11.9 Å². The van der Waals surface area contributed by atoms with Crippen LogP contribution in [0.5, 0.6) is 0 Å². The summed E-state index contributed by atoms with van der Waals surface area (Å²) in [4.78, 5) is 12.6. The maximum absolute atomic E-state index is 12.6. The van der Waals surface area contributed by atoms with E-state index >= 15 is 0 Å². The second-order valence-electron chi connectivity index (χ2n) is 7.99. The lowest BCUT2D eigenvalue weighted by Crippen LogP contribution is -2.28. The van der Waals surface area contributed by atoms with Gasteiger partial charge in [-0.1, -0.05) is 50.2 Å². The maximum Gasteiger partial charge on any atom is 0.263 e. The third kappa shape index (κ3) is 5.06. The van der Waals surface area contributed by atoms with Crippen molar-refractivity contribution in [1.82, 2.24) is 5.32 Å². The minimum absolute atomic E-state index is 0.0633. The Kier molecular flexibility index (Phi) is 6.72. The average Bonchev–Trinajstić information content (AvgIpc) is 2.74. The lowest BCUT2D eigenvalue weighted by atomic mass is 9.89. The predicted molar refractivity (Wildman–Crippen MR) is 117 cm³/mol. The Balaban J connectivity index is 1.70. The number of carbonyl (C=O) groups is 1. The Morgan fingerprint density at radius 1 is 1.07 bits per heavy atom. The molecule has 0 aromatic heterocycles. The minimum Gasteiger partial charge on any atom is -0.360 e. The fourth-order valence-corrected chi connectivity index (χ4v) is 3.81. The van der Waals surface area contributed by atoms with Gasteiger partial charge in [-0.15, -0.1) is 0 Å². The summed E-state index contributed by atoms with van der Waals surface area (Å²) in [6.45, 7) is 6.18. The Bertz CT molecular complexity index is 953. The largest absolute Gasteiger partial charge is 0.360 e. The van der Waals surface area contributed by atoms with Crippen LogP contribution in [0.25, 0.3) is 0 Å². The second-order valence-corrected chi connectivity index (χ2v) is 7.99. The van der Waals surface area contributed by atoms with E-state index in [1.165, 1.54) is 30.2 Å². The van der Waals surface area contributed by atoms with Crippen molar-refractivity contribution in [2.24, 2.45) is 0 Å². The molecule has 1 atom stereocenters. The molecule has 0 fully saturated rings. The summed E-state index contributed by atoms with van der Waals surface area (Å²) in [5.41, 5.74) is 6.00. The van der Waals surface area contributed by atoms with Gasteiger partial charge in [-0.3, -0.25) is 4.79 Å². The van der Waals surface area contributed by atoms with E-state index in [2.05, 4.69) is 42.7 Å². The SMILES string of the molecule is CC(C)c1ccccc1N/C=C(/C#N)C(=O)NC(C)c1ccc2c(c1)CCCC2. The molecule has 1 aliphatic rings. The van der Waals surface area contributed by atoms with E-state index in [0.717, 1.165) is 29.7 Å². The molecule has 0 spiro atoms. The first-order valence-electron chi connectivity index (χ1n) is 10.4. The van der Waals surface area contributed by atoms with Crippen molar-refractivity contribution in [3.63, 3.8) is 0 Å². The molecule has 2 N–H and O–H groups in total. The van der Waals surface area contributed by atoms with Crippen LogP contribution in [0, 0.1) is 11.3 Å². The number of aryl methyl sites for hydroxylation is 2. The fourth-order valence-electron chi connectivity index (χ4n) is 3.81. The van der Waals surface area contributed by atoms with E-state index in [1.54, 1.807) is 0 Å². The second kappa shape index (κ2) is 9.43. The van der Waals surface area contributed by atoms with Gasteiger partial charge in [-0.2, -0.15) is 5.26 Å². The molecular formula is C25H29N3O. The summed E-state index contributed by atoms with van der Waals surface area (Å²) >= 11 is 0. The van der Waals surface area contributed by atoms with Crippen LogP contribution >= 0.6 is 0 Å². The third-order valence-corrected chi connectivity index (χ3v) is 5.54. The molecule has 3 rings (SSSR count). The summed E-state index contributed by atoms with van der Waals surface area (Å²) < 4.78 is 0. The van der Waals surface area contributed by atoms with E-state index in [0.29, 0.717) is 5.92 Å². The highest BCUT2D eigenvalue weighted by atomic mass is 16.1. The summed E-state index contributed by atoms with van der Waals surface area (Å²) in [5.74, 6) is -0.0252. The fraction of sp³-hybridized carbons (Fsp3) is 0.360. The van der Waals surface area contributed by atoms with Crippen molar-refractivity contribution in [2.75, 3.05) is 5.32 Å². The summed E-state index contributed by atoms with van der Waals surface area (Å²) in [7, 11) is 0. The average molecular weight is 388 g/mol. The number of amides is 1. The van der Waals surface area contributed by atoms with E-state index < -0.39 is 0 Å². The normalized spacial score (nSPS) is 14.7. The van der Waals surface area contributed by atoms with Crippen molar-refractivity contribution in [2.45, 2.75) is 58.4 Å². The van der Waals surface area contributed by atoms with Crippen LogP contribution in [-0.2, 0) is 17.6 Å². The molecule has 0 saturated heterocycles. The number of rotatable bonds is 6. The number of nitrogens with zero attached hydrogens (tertiary/aromatic N) is 1. The molecule has 2 aromatic carbocycles. The number of fused-ring (bicyclic) bond motifs is 1. The number of anilines is 1. The Morgan fingerprint density at radius 3 is 2.52 bits per heavy atom. The van der Waals surface area contributed by atoms with Crippen LogP contribution in [0.4, 0.5) is 5.69 Å². The molecular weight excluding hydrogens is 358 g/mol. The highest BCUT2D eigenvalue weighted by Gasteiger charge is 2.16. The van der Waals surface area contributed by atoms with Gasteiger partial charge in [0.25, 0.3) is 5.91 Å². The number of nitriles is 1. The van der Waals surface area contributed by atoms with Crippen molar-refractivity contribution in [1.29, 1.82) is 5.26 Å². The van der Waals surface area contributed by atoms with Gasteiger partial charge in [0.1, 0.15) is 11.6 Å². The van der Waals surface area contributed by atoms with Crippen LogP contribution in [0.2, 0.25) is 0 Å². The number of carbonyl (C=O) groups excluding carboxylic acids is 1. The molecule has 1 aliphatic carbocycles. The van der Waals surface area contributed by atoms with Crippen molar-refractivity contribution < 1.29 is 4.79 Å². The van der Waals surface area contributed by atoms with Gasteiger partial charge >= 0.3 is 0 Å². The highest BCUT2D eigenvalue weighted by Crippen LogP contribution is 2.25. The summed E-state index contributed by atoms with van der Waals surface area (Å²) in [6, 6.07) is 16.2. The lowest BCUT2D eigenvalue weighted by molar-refractivity contribution is -0.117. The number of nitrogens with one attached hydrogen (secondary N) is 2. The molecule has 4 heteroatoms. The van der Waals surface area contributed by atoms with E-state index in [4.69, 9.17) is 0 Å². The lowest BCUT2D eigenvalue weighted by Gasteiger charge is -2.20. The summed E-state index contributed by atoms with van der Waals surface area (Å²) in [5, 5.41) is 15.6. The molecule has 0 saturated carbocycles. The molecule has 1 amide bonds. The number of para-hydroxylation sites is 1. The topological polar surface area (TPSA) is 64.9 Å². The zero-order valence-corrected chi connectivity index (χ0v) is 17.5. The molecule has 29 heavy (non-hydrogen) atoms. The van der Waals surface area contributed by atoms with Crippen molar-refractivity contribution >= 4 is 11.6 Å². The van der Waals surface area contributed by atoms with Gasteiger partial charge in [0.2, 0.25) is 0 Å². The van der Waals surface area contributed by atoms with E-state index in [1.807, 2.05) is 37.3 Å². The van der Waals surface area contributed by atoms with Gasteiger partial charge < -0.3 is 10.6 Å². The standard InChI is InChI=1S/C25H29N3O/c1-17(2)23-10-6-7-11-24(23)27-16-22(15-26)25(29)28-18(3)20-13-12-19-8-4-5-9-21(19)14-20/h6-7,10-14,16-18,27H,4-5,8-9H2,1-3H3,(H,28,29)/b22-16-. The first-order chi connectivity index (χ1) is 14.0. The van der Waals surface area contributed by atoms with Gasteiger partial charge in [-0.05, 0) is 66.8 Å². The van der Waals surface area contributed by atoms with Crippen LogP contribution in [0.15, 0.2) is 54.2 Å². The summed E-state index contributed by atoms with van der Waals surface area (Å²) in [6.07, 6.45) is 6.22. The Hall–Kier alpha value is -3.06. The Labute approximate surface area is 173 Å². The maximum atomic E-state index is 12.6. The quantitative estimate of drug-likeness (QED) is 0.516. The number of hydrogen-bond donors (Lipinski definition) is 2. The smallest absolute Gasteiger partial charge is 0.263 e. The molecule has 4 nitrogen and oxygen atoms in total. The monoisotopic (exact) mass is 387 g/mol. The minimum atomic E-state index is -0.368. The molecule has 0 radical (unpaired) electrons. The predicted octanol–water partition coefficient (Wildman–Crippen LogP) is 5.39. The van der Waals surface area contributed by atoms with Crippen molar-refractivity contribution in [3.05, 3.63) is 76.5 Å². The molecule has 0 bridgehead atoms. The highest BCUT2D eigenvalue weighted by molar-refractivity contribution is 5.97. The molecule has 150 valence electrons. The van der Waals surface area contributed by atoms with Gasteiger partial charge in [0.05, 0.1) is 6.04 Å². The van der Waals surface area contributed by atoms with Crippen LogP contribution in [-0.4, -0.2) is 5.91 Å². The van der Waals surface area contributed by atoms with Gasteiger partial charge in [0.15, 0.2) is 0 Å². The van der Waals surface area contributed by atoms with Crippen molar-refractivity contribution in [3.8, 4) is 6.07 Å². The van der Waals surface area contributed by atoms with Gasteiger partial charge in [-0.25, -0.2) is 0 Å². The zero-order valence-electron chi connectivity index (χ0n) is 17.5. The van der Waals surface area contributed by atoms with E-state index in [9.17, 15) is 10.1 Å². The van der Waals surface area contributed by atoms with E-state index in [-0.39, 0.29) is 17.5 Å². The van der Waals surface area contributed by atoms with Crippen LogP contribution in [0.3, 0.4) is 0 Å².